The van der Waals surface area contributed by atoms with Gasteiger partial charge >= 0.3 is 0 Å². The zero-order chi connectivity index (χ0) is 14.9. The van der Waals surface area contributed by atoms with Crippen LogP contribution >= 0.6 is 0 Å². The fourth-order valence-corrected chi connectivity index (χ4v) is 4.37. The maximum Gasteiger partial charge on any atom is 0.272 e. The lowest BCUT2D eigenvalue weighted by molar-refractivity contribution is -0.385. The Morgan fingerprint density at radius 1 is 1.50 bits per heavy atom. The van der Waals surface area contributed by atoms with E-state index in [0.717, 1.165) is 18.2 Å². The Kier molecular flexibility index (Phi) is 4.05. The highest BCUT2D eigenvalue weighted by Gasteiger charge is 2.33. The van der Waals surface area contributed by atoms with Gasteiger partial charge in [0, 0.05) is 17.7 Å². The van der Waals surface area contributed by atoms with Crippen LogP contribution in [0.5, 0.6) is 0 Å². The molecule has 0 saturated carbocycles. The van der Waals surface area contributed by atoms with E-state index in [-0.39, 0.29) is 35.1 Å². The quantitative estimate of drug-likeness (QED) is 0.661. The number of hydrogen-bond acceptors (Lipinski definition) is 5. The highest BCUT2D eigenvalue weighted by molar-refractivity contribution is 7.91. The fourth-order valence-electron chi connectivity index (χ4n) is 2.48. The number of nitro groups is 1. The van der Waals surface area contributed by atoms with Gasteiger partial charge in [0.25, 0.3) is 5.69 Å². The van der Waals surface area contributed by atoms with Gasteiger partial charge in [0.15, 0.2) is 9.84 Å². The summed E-state index contributed by atoms with van der Waals surface area (Å²) in [6.07, 6.45) is 0.543. The van der Waals surface area contributed by atoms with Crippen molar-refractivity contribution >= 4 is 15.5 Å². The molecule has 2 unspecified atom stereocenters. The third-order valence-corrected chi connectivity index (χ3v) is 5.36. The Balaban J connectivity index is 2.17. The molecule has 110 valence electrons. The zero-order valence-electron chi connectivity index (χ0n) is 10.7. The largest absolute Gasteiger partial charge is 0.327 e. The molecule has 0 aromatic heterocycles. The van der Waals surface area contributed by atoms with E-state index in [1.807, 2.05) is 0 Å². The first-order chi connectivity index (χ1) is 9.28. The van der Waals surface area contributed by atoms with Gasteiger partial charge in [-0.25, -0.2) is 12.8 Å². The van der Waals surface area contributed by atoms with Crippen LogP contribution in [-0.2, 0) is 16.3 Å². The summed E-state index contributed by atoms with van der Waals surface area (Å²) < 4.78 is 36.0. The molecule has 2 rings (SSSR count). The fraction of sp³-hybridized carbons (Fsp3) is 0.500. The number of nitrogens with two attached hydrogens (primary N) is 1. The Bertz CT molecular complexity index is 632. The molecule has 2 N–H and O–H groups in total. The van der Waals surface area contributed by atoms with Crippen molar-refractivity contribution in [1.82, 2.24) is 0 Å². The van der Waals surface area contributed by atoms with E-state index in [1.54, 1.807) is 0 Å². The van der Waals surface area contributed by atoms with E-state index < -0.39 is 26.6 Å². The van der Waals surface area contributed by atoms with Crippen LogP contribution in [0, 0.1) is 21.8 Å². The van der Waals surface area contributed by atoms with E-state index in [1.165, 1.54) is 0 Å². The Hall–Kier alpha value is -1.54. The van der Waals surface area contributed by atoms with Crippen molar-refractivity contribution in [3.05, 3.63) is 39.7 Å². The lowest BCUT2D eigenvalue weighted by atomic mass is 9.93. The summed E-state index contributed by atoms with van der Waals surface area (Å²) in [4.78, 5) is 10.3. The van der Waals surface area contributed by atoms with Crippen LogP contribution in [0.15, 0.2) is 18.2 Å². The second kappa shape index (κ2) is 5.45. The molecule has 20 heavy (non-hydrogen) atoms. The lowest BCUT2D eigenvalue weighted by Gasteiger charge is -2.17. The summed E-state index contributed by atoms with van der Waals surface area (Å²) in [6, 6.07) is 2.67. The van der Waals surface area contributed by atoms with Gasteiger partial charge in [-0.3, -0.25) is 10.1 Å². The van der Waals surface area contributed by atoms with Crippen LogP contribution < -0.4 is 5.73 Å². The number of nitro benzene ring substituents is 1. The highest BCUT2D eigenvalue weighted by atomic mass is 32.2. The van der Waals surface area contributed by atoms with Gasteiger partial charge in [-0.15, -0.1) is 0 Å². The van der Waals surface area contributed by atoms with Crippen LogP contribution in [0.1, 0.15) is 12.0 Å². The van der Waals surface area contributed by atoms with Crippen molar-refractivity contribution in [2.75, 3.05) is 11.5 Å². The van der Waals surface area contributed by atoms with Gasteiger partial charge in [-0.05, 0) is 30.9 Å². The minimum Gasteiger partial charge on any atom is -0.327 e. The zero-order valence-corrected chi connectivity index (χ0v) is 11.5. The molecular weight excluding hydrogens is 287 g/mol. The minimum atomic E-state index is -3.06. The number of sulfone groups is 1. The van der Waals surface area contributed by atoms with Gasteiger partial charge in [0.1, 0.15) is 5.82 Å². The first kappa shape index (κ1) is 14.9. The molecule has 0 amide bonds. The number of hydrogen-bond donors (Lipinski definition) is 1. The summed E-state index contributed by atoms with van der Waals surface area (Å²) in [5.74, 6) is -0.715. The molecule has 8 heteroatoms. The van der Waals surface area contributed by atoms with Crippen LogP contribution in [0.4, 0.5) is 10.1 Å². The second-order valence-corrected chi connectivity index (χ2v) is 7.29. The Morgan fingerprint density at radius 2 is 2.20 bits per heavy atom. The molecule has 1 aromatic rings. The van der Waals surface area contributed by atoms with Crippen molar-refractivity contribution in [1.29, 1.82) is 0 Å². The predicted octanol–water partition coefficient (Wildman–Crippen LogP) is 1.04. The normalized spacial score (nSPS) is 22.6. The molecule has 1 fully saturated rings. The summed E-state index contributed by atoms with van der Waals surface area (Å²) in [7, 11) is -3.06. The van der Waals surface area contributed by atoms with E-state index in [2.05, 4.69) is 0 Å². The molecule has 1 aliphatic rings. The van der Waals surface area contributed by atoms with Crippen molar-refractivity contribution in [2.45, 2.75) is 18.9 Å². The lowest BCUT2D eigenvalue weighted by Crippen LogP contribution is -2.33. The average molecular weight is 302 g/mol. The van der Waals surface area contributed by atoms with E-state index in [9.17, 15) is 22.9 Å². The van der Waals surface area contributed by atoms with Gasteiger partial charge in [0.2, 0.25) is 0 Å². The molecule has 1 saturated heterocycles. The van der Waals surface area contributed by atoms with E-state index in [0.29, 0.717) is 6.42 Å². The van der Waals surface area contributed by atoms with Crippen LogP contribution in [0.2, 0.25) is 0 Å². The first-order valence-corrected chi connectivity index (χ1v) is 7.99. The van der Waals surface area contributed by atoms with Gasteiger partial charge in [-0.2, -0.15) is 0 Å². The van der Waals surface area contributed by atoms with Crippen LogP contribution in [-0.4, -0.2) is 30.9 Å². The third kappa shape index (κ3) is 3.31. The van der Waals surface area contributed by atoms with E-state index in [4.69, 9.17) is 5.73 Å². The minimum absolute atomic E-state index is 0.00270. The first-order valence-electron chi connectivity index (χ1n) is 6.17. The molecular formula is C12H15FN2O4S. The topological polar surface area (TPSA) is 103 Å². The molecule has 1 heterocycles. The van der Waals surface area contributed by atoms with Crippen molar-refractivity contribution in [3.63, 3.8) is 0 Å². The van der Waals surface area contributed by atoms with Crippen molar-refractivity contribution in [3.8, 4) is 0 Å². The average Bonchev–Trinajstić information content (AvgIpc) is 2.69. The van der Waals surface area contributed by atoms with Crippen molar-refractivity contribution < 1.29 is 17.7 Å². The molecule has 1 aromatic carbocycles. The van der Waals surface area contributed by atoms with Gasteiger partial charge < -0.3 is 5.73 Å². The monoisotopic (exact) mass is 302 g/mol. The van der Waals surface area contributed by atoms with Gasteiger partial charge in [0.05, 0.1) is 16.4 Å². The molecule has 2 atom stereocenters. The number of halogens is 1. The summed E-state index contributed by atoms with van der Waals surface area (Å²) >= 11 is 0. The summed E-state index contributed by atoms with van der Waals surface area (Å²) in [6.45, 7) is 0. The van der Waals surface area contributed by atoms with E-state index >= 15 is 0 Å². The second-order valence-electron chi connectivity index (χ2n) is 5.06. The molecule has 0 spiro atoms. The van der Waals surface area contributed by atoms with Crippen LogP contribution in [0.3, 0.4) is 0 Å². The predicted molar refractivity (Wildman–Crippen MR) is 71.5 cm³/mol. The Labute approximate surface area is 115 Å². The molecule has 6 nitrogen and oxygen atoms in total. The summed E-state index contributed by atoms with van der Waals surface area (Å²) in [5.41, 5.74) is 5.95. The van der Waals surface area contributed by atoms with Crippen LogP contribution in [0.25, 0.3) is 0 Å². The standard InChI is InChI=1S/C12H15FN2O4S/c13-10-1-2-12(15(16)17)9(5-10)6-11(14)8-3-4-20(18,19)7-8/h1-2,5,8,11H,3-4,6-7,14H2. The number of rotatable bonds is 4. The summed E-state index contributed by atoms with van der Waals surface area (Å²) in [5, 5.41) is 10.9. The smallest absolute Gasteiger partial charge is 0.272 e. The molecule has 0 aliphatic carbocycles. The SMILES string of the molecule is NC(Cc1cc(F)ccc1[N+](=O)[O-])C1CCS(=O)(=O)C1. The maximum atomic E-state index is 13.2. The Morgan fingerprint density at radius 3 is 2.75 bits per heavy atom. The maximum absolute atomic E-state index is 13.2. The molecule has 0 bridgehead atoms. The number of benzene rings is 1. The third-order valence-electron chi connectivity index (χ3n) is 3.57. The van der Waals surface area contributed by atoms with Crippen molar-refractivity contribution in [2.24, 2.45) is 11.7 Å². The molecule has 0 radical (unpaired) electrons. The molecule has 1 aliphatic heterocycles. The van der Waals surface area contributed by atoms with Gasteiger partial charge in [-0.1, -0.05) is 0 Å². The highest BCUT2D eigenvalue weighted by Crippen LogP contribution is 2.26. The number of nitrogens with zero attached hydrogens (tertiary/aromatic N) is 1.